The first-order valence-corrected chi connectivity index (χ1v) is 10.3. The fraction of sp³-hybridized carbons (Fsp3) is 0.429. The molecule has 0 saturated heterocycles. The molecular weight excluding hydrogens is 306 g/mol. The lowest BCUT2D eigenvalue weighted by Gasteiger charge is -2.31. The van der Waals surface area contributed by atoms with Crippen LogP contribution in [0.25, 0.3) is 0 Å². The predicted octanol–water partition coefficient (Wildman–Crippen LogP) is 3.61. The summed E-state index contributed by atoms with van der Waals surface area (Å²) in [5.74, 6) is 0.744. The van der Waals surface area contributed by atoms with E-state index in [2.05, 4.69) is 60.3 Å². The smallest absolute Gasteiger partial charge is 0.241 e. The van der Waals surface area contributed by atoms with E-state index < -0.39 is 13.9 Å². The molecule has 0 bridgehead atoms. The van der Waals surface area contributed by atoms with Crippen LogP contribution in [0, 0.1) is 0 Å². The van der Waals surface area contributed by atoms with Crippen LogP contribution in [-0.4, -0.2) is 13.9 Å². The van der Waals surface area contributed by atoms with Crippen molar-refractivity contribution >= 4 is 24.2 Å². The molecular formula is C14H20BrNOSi. The van der Waals surface area contributed by atoms with E-state index in [0.29, 0.717) is 0 Å². The van der Waals surface area contributed by atoms with Gasteiger partial charge in [-0.2, -0.15) is 0 Å². The number of fused-ring (bicyclic) bond motifs is 1. The highest BCUT2D eigenvalue weighted by Crippen LogP contribution is 2.35. The Hall–Kier alpha value is -0.583. The van der Waals surface area contributed by atoms with E-state index in [-0.39, 0.29) is 0 Å². The Labute approximate surface area is 118 Å². The molecule has 2 rings (SSSR count). The molecule has 1 aliphatic carbocycles. The second kappa shape index (κ2) is 4.51. The minimum Gasteiger partial charge on any atom is -0.546 e. The third kappa shape index (κ3) is 2.87. The zero-order valence-corrected chi connectivity index (χ0v) is 13.8. The lowest BCUT2D eigenvalue weighted by atomic mass is 9.95. The van der Waals surface area contributed by atoms with E-state index in [4.69, 9.17) is 10.2 Å². The Morgan fingerprint density at radius 1 is 1.33 bits per heavy atom. The molecule has 1 atom stereocenters. The Balaban J connectivity index is 2.20. The summed E-state index contributed by atoms with van der Waals surface area (Å²) in [6.45, 7) is 10.5. The van der Waals surface area contributed by atoms with Gasteiger partial charge < -0.3 is 10.2 Å². The zero-order chi connectivity index (χ0) is 13.6. The van der Waals surface area contributed by atoms with Crippen LogP contribution < -0.4 is 5.73 Å². The lowest BCUT2D eigenvalue weighted by molar-refractivity contribution is 0.314. The van der Waals surface area contributed by atoms with Crippen LogP contribution in [0.2, 0.25) is 19.6 Å². The first-order valence-electron chi connectivity index (χ1n) is 6.14. The van der Waals surface area contributed by atoms with E-state index in [1.165, 1.54) is 11.1 Å². The number of hydrogen-bond donors (Lipinski definition) is 1. The third-order valence-electron chi connectivity index (χ3n) is 3.16. The van der Waals surface area contributed by atoms with Crippen molar-refractivity contribution in [3.8, 4) is 0 Å². The lowest BCUT2D eigenvalue weighted by Crippen LogP contribution is -2.46. The molecule has 0 aromatic heterocycles. The molecule has 0 fully saturated rings. The van der Waals surface area contributed by atoms with Crippen LogP contribution >= 0.6 is 15.9 Å². The van der Waals surface area contributed by atoms with Gasteiger partial charge in [-0.25, -0.2) is 0 Å². The van der Waals surface area contributed by atoms with Gasteiger partial charge in [0.2, 0.25) is 8.32 Å². The summed E-state index contributed by atoms with van der Waals surface area (Å²) in [5, 5.41) is 0. The molecule has 18 heavy (non-hydrogen) atoms. The van der Waals surface area contributed by atoms with Crippen LogP contribution in [0.1, 0.15) is 11.1 Å². The molecule has 2 nitrogen and oxygen atoms in total. The van der Waals surface area contributed by atoms with Crippen molar-refractivity contribution in [1.82, 2.24) is 0 Å². The molecule has 98 valence electrons. The van der Waals surface area contributed by atoms with Crippen molar-refractivity contribution in [2.75, 3.05) is 0 Å². The average molecular weight is 326 g/mol. The maximum Gasteiger partial charge on any atom is 0.241 e. The minimum atomic E-state index is -1.64. The van der Waals surface area contributed by atoms with Crippen molar-refractivity contribution < 1.29 is 4.43 Å². The Morgan fingerprint density at radius 2 is 1.94 bits per heavy atom. The van der Waals surface area contributed by atoms with Crippen LogP contribution in [0.5, 0.6) is 0 Å². The van der Waals surface area contributed by atoms with Gasteiger partial charge in [0.15, 0.2) is 0 Å². The van der Waals surface area contributed by atoms with Gasteiger partial charge in [0.25, 0.3) is 0 Å². The fourth-order valence-corrected chi connectivity index (χ4v) is 3.69. The maximum atomic E-state index is 6.49. The first-order chi connectivity index (χ1) is 8.20. The SMILES string of the molecule is C=C(O[Si](C)(C)C)C1(N)Cc2ccc(Br)cc2C1. The average Bonchev–Trinajstić information content (AvgIpc) is 2.52. The van der Waals surface area contributed by atoms with E-state index in [0.717, 1.165) is 23.1 Å². The second-order valence-corrected chi connectivity index (χ2v) is 11.4. The third-order valence-corrected chi connectivity index (χ3v) is 4.52. The van der Waals surface area contributed by atoms with Gasteiger partial charge in [-0.1, -0.05) is 28.6 Å². The normalized spacial score (nSPS) is 22.7. The van der Waals surface area contributed by atoms with Crippen molar-refractivity contribution in [3.63, 3.8) is 0 Å². The van der Waals surface area contributed by atoms with E-state index in [9.17, 15) is 0 Å². The number of nitrogens with two attached hydrogens (primary N) is 1. The van der Waals surface area contributed by atoms with Crippen LogP contribution in [-0.2, 0) is 17.3 Å². The highest BCUT2D eigenvalue weighted by atomic mass is 79.9. The largest absolute Gasteiger partial charge is 0.546 e. The molecule has 1 aliphatic rings. The molecule has 2 N–H and O–H groups in total. The van der Waals surface area contributed by atoms with Gasteiger partial charge in [0.05, 0.1) is 11.3 Å². The molecule has 0 aliphatic heterocycles. The monoisotopic (exact) mass is 325 g/mol. The van der Waals surface area contributed by atoms with Gasteiger partial charge in [-0.3, -0.25) is 0 Å². The topological polar surface area (TPSA) is 35.2 Å². The summed E-state index contributed by atoms with van der Waals surface area (Å²) < 4.78 is 7.09. The quantitative estimate of drug-likeness (QED) is 0.680. The molecule has 4 heteroatoms. The molecule has 0 saturated carbocycles. The minimum absolute atomic E-state index is 0.441. The Kier molecular flexibility index (Phi) is 3.47. The second-order valence-electron chi connectivity index (χ2n) is 6.06. The number of halogens is 1. The van der Waals surface area contributed by atoms with Gasteiger partial charge >= 0.3 is 0 Å². The summed E-state index contributed by atoms with van der Waals surface area (Å²) in [4.78, 5) is 0. The van der Waals surface area contributed by atoms with Crippen LogP contribution in [0.3, 0.4) is 0 Å². The molecule has 0 amide bonds. The van der Waals surface area contributed by atoms with E-state index in [1.807, 2.05) is 0 Å². The summed E-state index contributed by atoms with van der Waals surface area (Å²) in [5.41, 5.74) is 8.66. The highest BCUT2D eigenvalue weighted by molar-refractivity contribution is 9.10. The number of hydrogen-bond acceptors (Lipinski definition) is 2. The summed E-state index contributed by atoms with van der Waals surface area (Å²) in [6.07, 6.45) is 1.63. The van der Waals surface area contributed by atoms with Crippen LogP contribution in [0.15, 0.2) is 35.0 Å². The van der Waals surface area contributed by atoms with Crippen molar-refractivity contribution in [1.29, 1.82) is 0 Å². The first kappa shape index (κ1) is 13.8. The number of rotatable bonds is 3. The standard InChI is InChI=1S/C14H20BrNOSi/c1-10(17-18(2,3)4)14(16)8-11-5-6-13(15)7-12(11)9-14/h5-7H,1,8-9,16H2,2-4H3. The molecule has 1 aromatic rings. The maximum absolute atomic E-state index is 6.49. The summed E-state index contributed by atoms with van der Waals surface area (Å²) >= 11 is 3.50. The van der Waals surface area contributed by atoms with E-state index >= 15 is 0 Å². The predicted molar refractivity (Wildman–Crippen MR) is 82.0 cm³/mol. The van der Waals surface area contributed by atoms with Crippen LogP contribution in [0.4, 0.5) is 0 Å². The summed E-state index contributed by atoms with van der Waals surface area (Å²) in [7, 11) is -1.64. The Morgan fingerprint density at radius 3 is 2.56 bits per heavy atom. The van der Waals surface area contributed by atoms with Gasteiger partial charge in [-0.05, 0) is 55.7 Å². The van der Waals surface area contributed by atoms with Crippen molar-refractivity contribution in [2.24, 2.45) is 5.73 Å². The molecule has 0 heterocycles. The fourth-order valence-electron chi connectivity index (χ4n) is 2.34. The molecule has 0 spiro atoms. The van der Waals surface area contributed by atoms with Gasteiger partial charge in [-0.15, -0.1) is 0 Å². The Bertz CT molecular complexity index is 495. The molecule has 1 unspecified atom stereocenters. The van der Waals surface area contributed by atoms with Crippen molar-refractivity contribution in [3.05, 3.63) is 46.1 Å². The summed E-state index contributed by atoms with van der Waals surface area (Å²) in [6, 6.07) is 6.34. The van der Waals surface area contributed by atoms with Crippen molar-refractivity contribution in [2.45, 2.75) is 38.0 Å². The number of benzene rings is 1. The zero-order valence-electron chi connectivity index (χ0n) is 11.2. The van der Waals surface area contributed by atoms with E-state index in [1.54, 1.807) is 0 Å². The van der Waals surface area contributed by atoms with Gasteiger partial charge in [0.1, 0.15) is 0 Å². The van der Waals surface area contributed by atoms with Gasteiger partial charge in [0, 0.05) is 4.47 Å². The highest BCUT2D eigenvalue weighted by Gasteiger charge is 2.38. The molecule has 0 radical (unpaired) electrons. The molecule has 1 aromatic carbocycles.